The van der Waals surface area contributed by atoms with Crippen molar-refractivity contribution in [1.29, 1.82) is 0 Å². The Bertz CT molecular complexity index is 570. The third kappa shape index (κ3) is 3.76. The number of rotatable bonds is 6. The predicted octanol–water partition coefficient (Wildman–Crippen LogP) is 2.21. The summed E-state index contributed by atoms with van der Waals surface area (Å²) in [6.07, 6.45) is 1.94. The number of unbranched alkanes of at least 4 members (excludes halogenated alkanes) is 1. The number of nitrogens with two attached hydrogens (primary N) is 1. The molecular weight excluding hydrogens is 266 g/mol. The van der Waals surface area contributed by atoms with E-state index in [1.807, 2.05) is 30.3 Å². The van der Waals surface area contributed by atoms with E-state index in [2.05, 4.69) is 22.5 Å². The summed E-state index contributed by atoms with van der Waals surface area (Å²) in [7, 11) is 0. The standard InChI is InChI=1S/C15H19N5O/c1-2-3-11-20(12-7-5-4-6-8-12)15(21)13-9-10-14(17-16)19-18-13/h4-10H,2-3,11,16H2,1H3,(H,17,19). The third-order valence-corrected chi connectivity index (χ3v) is 3.08. The Morgan fingerprint density at radius 1 is 1.19 bits per heavy atom. The summed E-state index contributed by atoms with van der Waals surface area (Å²) < 4.78 is 0. The molecule has 1 heterocycles. The Kier molecular flexibility index (Phi) is 5.22. The van der Waals surface area contributed by atoms with Crippen LogP contribution >= 0.6 is 0 Å². The van der Waals surface area contributed by atoms with Gasteiger partial charge in [-0.2, -0.15) is 0 Å². The molecule has 1 amide bonds. The number of benzene rings is 1. The molecule has 0 radical (unpaired) electrons. The maximum absolute atomic E-state index is 12.6. The van der Waals surface area contributed by atoms with Crippen molar-refractivity contribution in [3.05, 3.63) is 48.2 Å². The number of nitrogen functional groups attached to an aromatic ring is 1. The van der Waals surface area contributed by atoms with Crippen LogP contribution in [-0.4, -0.2) is 22.6 Å². The Balaban J connectivity index is 2.24. The third-order valence-electron chi connectivity index (χ3n) is 3.08. The molecule has 0 fully saturated rings. The van der Waals surface area contributed by atoms with Crippen LogP contribution in [0.15, 0.2) is 42.5 Å². The molecule has 0 bridgehead atoms. The normalized spacial score (nSPS) is 10.2. The van der Waals surface area contributed by atoms with Crippen molar-refractivity contribution in [2.75, 3.05) is 16.9 Å². The first-order valence-corrected chi connectivity index (χ1v) is 6.93. The number of aromatic nitrogens is 2. The van der Waals surface area contributed by atoms with Crippen LogP contribution in [0.4, 0.5) is 11.5 Å². The molecular formula is C15H19N5O. The van der Waals surface area contributed by atoms with Gasteiger partial charge in [0.05, 0.1) is 0 Å². The first kappa shape index (κ1) is 14.9. The molecule has 0 aliphatic carbocycles. The van der Waals surface area contributed by atoms with Crippen LogP contribution in [0.25, 0.3) is 0 Å². The van der Waals surface area contributed by atoms with Crippen molar-refractivity contribution in [3.8, 4) is 0 Å². The molecule has 0 spiro atoms. The van der Waals surface area contributed by atoms with Gasteiger partial charge in [-0.3, -0.25) is 4.79 Å². The Hall–Kier alpha value is -2.47. The van der Waals surface area contributed by atoms with Gasteiger partial charge in [-0.15, -0.1) is 10.2 Å². The zero-order valence-corrected chi connectivity index (χ0v) is 12.0. The molecule has 6 nitrogen and oxygen atoms in total. The molecule has 2 rings (SSSR count). The van der Waals surface area contributed by atoms with E-state index < -0.39 is 0 Å². The van der Waals surface area contributed by atoms with Gasteiger partial charge in [0.2, 0.25) is 0 Å². The van der Waals surface area contributed by atoms with E-state index in [0.29, 0.717) is 18.1 Å². The van der Waals surface area contributed by atoms with Gasteiger partial charge in [0.25, 0.3) is 5.91 Å². The van der Waals surface area contributed by atoms with Crippen molar-refractivity contribution in [1.82, 2.24) is 10.2 Å². The fourth-order valence-electron chi connectivity index (χ4n) is 1.93. The van der Waals surface area contributed by atoms with Crippen LogP contribution in [-0.2, 0) is 0 Å². The number of amides is 1. The number of hydrogen-bond donors (Lipinski definition) is 2. The van der Waals surface area contributed by atoms with Crippen molar-refractivity contribution < 1.29 is 4.79 Å². The quantitative estimate of drug-likeness (QED) is 0.628. The summed E-state index contributed by atoms with van der Waals surface area (Å²) in [6.45, 7) is 2.74. The Morgan fingerprint density at radius 2 is 1.95 bits per heavy atom. The highest BCUT2D eigenvalue weighted by Crippen LogP contribution is 2.17. The summed E-state index contributed by atoms with van der Waals surface area (Å²) >= 11 is 0. The number of nitrogens with zero attached hydrogens (tertiary/aromatic N) is 3. The average molecular weight is 285 g/mol. The molecule has 1 aromatic heterocycles. The van der Waals surface area contributed by atoms with Gasteiger partial charge in [-0.05, 0) is 30.7 Å². The highest BCUT2D eigenvalue weighted by molar-refractivity contribution is 6.04. The molecule has 21 heavy (non-hydrogen) atoms. The second kappa shape index (κ2) is 7.35. The molecule has 3 N–H and O–H groups in total. The van der Waals surface area contributed by atoms with E-state index >= 15 is 0 Å². The van der Waals surface area contributed by atoms with Gasteiger partial charge in [0, 0.05) is 12.2 Å². The lowest BCUT2D eigenvalue weighted by atomic mass is 10.2. The molecule has 2 aromatic rings. The first-order chi connectivity index (χ1) is 10.3. The van der Waals surface area contributed by atoms with Crippen molar-refractivity contribution in [2.24, 2.45) is 5.84 Å². The lowest BCUT2D eigenvalue weighted by Gasteiger charge is -2.22. The van der Waals surface area contributed by atoms with Gasteiger partial charge >= 0.3 is 0 Å². The van der Waals surface area contributed by atoms with Crippen molar-refractivity contribution >= 4 is 17.4 Å². The minimum Gasteiger partial charge on any atom is -0.307 e. The van der Waals surface area contributed by atoms with Gasteiger partial charge in [-0.1, -0.05) is 31.5 Å². The molecule has 0 unspecified atom stereocenters. The number of carbonyl (C=O) groups excluding carboxylic acids is 1. The van der Waals surface area contributed by atoms with Gasteiger partial charge in [0.15, 0.2) is 11.5 Å². The minimum absolute atomic E-state index is 0.161. The summed E-state index contributed by atoms with van der Waals surface area (Å²) in [5, 5.41) is 7.76. The average Bonchev–Trinajstić information content (AvgIpc) is 2.56. The lowest BCUT2D eigenvalue weighted by molar-refractivity contribution is 0.0981. The van der Waals surface area contributed by atoms with Crippen molar-refractivity contribution in [3.63, 3.8) is 0 Å². The van der Waals surface area contributed by atoms with Crippen LogP contribution in [0, 0.1) is 0 Å². The van der Waals surface area contributed by atoms with Gasteiger partial charge in [-0.25, -0.2) is 5.84 Å². The molecule has 1 aromatic carbocycles. The predicted molar refractivity (Wildman–Crippen MR) is 82.9 cm³/mol. The van der Waals surface area contributed by atoms with E-state index in [9.17, 15) is 4.79 Å². The van der Waals surface area contributed by atoms with Crippen LogP contribution in [0.2, 0.25) is 0 Å². The largest absolute Gasteiger partial charge is 0.307 e. The van der Waals surface area contributed by atoms with E-state index in [1.54, 1.807) is 17.0 Å². The second-order valence-electron chi connectivity index (χ2n) is 4.59. The van der Waals surface area contributed by atoms with Gasteiger partial charge < -0.3 is 10.3 Å². The Morgan fingerprint density at radius 3 is 2.52 bits per heavy atom. The fraction of sp³-hybridized carbons (Fsp3) is 0.267. The molecule has 110 valence electrons. The smallest absolute Gasteiger partial charge is 0.278 e. The zero-order chi connectivity index (χ0) is 15.1. The van der Waals surface area contributed by atoms with E-state index in [-0.39, 0.29) is 5.91 Å². The molecule has 6 heteroatoms. The summed E-state index contributed by atoms with van der Waals surface area (Å²) in [4.78, 5) is 14.3. The van der Waals surface area contributed by atoms with Gasteiger partial charge in [0.1, 0.15) is 0 Å². The minimum atomic E-state index is -0.161. The summed E-state index contributed by atoms with van der Waals surface area (Å²) in [5.74, 6) is 5.51. The van der Waals surface area contributed by atoms with Crippen LogP contribution < -0.4 is 16.2 Å². The SMILES string of the molecule is CCCCN(C(=O)c1ccc(NN)nn1)c1ccccc1. The highest BCUT2D eigenvalue weighted by Gasteiger charge is 2.18. The maximum atomic E-state index is 12.6. The molecule has 0 aliphatic heterocycles. The number of nitrogens with one attached hydrogen (secondary N) is 1. The first-order valence-electron chi connectivity index (χ1n) is 6.93. The number of hydrazine groups is 1. The number of carbonyl (C=O) groups is 1. The molecule has 0 saturated carbocycles. The van der Waals surface area contributed by atoms with Crippen LogP contribution in [0.3, 0.4) is 0 Å². The fourth-order valence-corrected chi connectivity index (χ4v) is 1.93. The maximum Gasteiger partial charge on any atom is 0.278 e. The second-order valence-corrected chi connectivity index (χ2v) is 4.59. The van der Waals surface area contributed by atoms with E-state index in [0.717, 1.165) is 18.5 Å². The molecule has 0 atom stereocenters. The lowest BCUT2D eigenvalue weighted by Crippen LogP contribution is -2.32. The monoisotopic (exact) mass is 285 g/mol. The molecule has 0 aliphatic rings. The zero-order valence-electron chi connectivity index (χ0n) is 12.0. The van der Waals surface area contributed by atoms with E-state index in [4.69, 9.17) is 5.84 Å². The number of hydrogen-bond acceptors (Lipinski definition) is 5. The molecule has 0 saturated heterocycles. The van der Waals surface area contributed by atoms with E-state index in [1.165, 1.54) is 0 Å². The van der Waals surface area contributed by atoms with Crippen molar-refractivity contribution in [2.45, 2.75) is 19.8 Å². The summed E-state index contributed by atoms with van der Waals surface area (Å²) in [5.41, 5.74) is 3.55. The number of para-hydroxylation sites is 1. The highest BCUT2D eigenvalue weighted by atomic mass is 16.2. The van der Waals surface area contributed by atoms with Crippen LogP contribution in [0.5, 0.6) is 0 Å². The summed E-state index contributed by atoms with van der Waals surface area (Å²) in [6, 6.07) is 12.8. The Labute approximate surface area is 124 Å². The van der Waals surface area contributed by atoms with Crippen LogP contribution in [0.1, 0.15) is 30.3 Å². The topological polar surface area (TPSA) is 84.1 Å². The number of anilines is 2.